The SMILES string of the molecule is NC1(CO)CC(Cc2ccccc2)C1. The molecule has 0 saturated heterocycles. The molecule has 1 fully saturated rings. The minimum absolute atomic E-state index is 0.123. The molecule has 1 aliphatic rings. The third-order valence-electron chi connectivity index (χ3n) is 3.07. The lowest BCUT2D eigenvalue weighted by molar-refractivity contribution is 0.0731. The molecule has 1 aromatic rings. The summed E-state index contributed by atoms with van der Waals surface area (Å²) in [4.78, 5) is 0. The Morgan fingerprint density at radius 3 is 2.50 bits per heavy atom. The molecule has 0 heterocycles. The van der Waals surface area contributed by atoms with E-state index in [-0.39, 0.29) is 12.1 Å². The lowest BCUT2D eigenvalue weighted by Crippen LogP contribution is -2.55. The summed E-state index contributed by atoms with van der Waals surface area (Å²) in [7, 11) is 0. The second-order valence-corrected chi connectivity index (χ2v) is 4.48. The second kappa shape index (κ2) is 3.71. The van der Waals surface area contributed by atoms with Gasteiger partial charge in [0, 0.05) is 5.54 Å². The summed E-state index contributed by atoms with van der Waals surface area (Å²) in [6.07, 6.45) is 3.01. The molecular formula is C12H17NO. The summed E-state index contributed by atoms with van der Waals surface area (Å²) in [6.45, 7) is 0.123. The van der Waals surface area contributed by atoms with Gasteiger partial charge in [-0.2, -0.15) is 0 Å². The minimum Gasteiger partial charge on any atom is -0.394 e. The van der Waals surface area contributed by atoms with Crippen LogP contribution in [0.2, 0.25) is 0 Å². The van der Waals surface area contributed by atoms with Crippen LogP contribution in [0.1, 0.15) is 18.4 Å². The Bertz CT molecular complexity index is 290. The Hall–Kier alpha value is -0.860. The Morgan fingerprint density at radius 1 is 1.29 bits per heavy atom. The number of aliphatic hydroxyl groups is 1. The van der Waals surface area contributed by atoms with E-state index in [1.807, 2.05) is 6.07 Å². The molecule has 1 saturated carbocycles. The lowest BCUT2D eigenvalue weighted by Gasteiger charge is -2.43. The van der Waals surface area contributed by atoms with Crippen molar-refractivity contribution < 1.29 is 5.11 Å². The largest absolute Gasteiger partial charge is 0.394 e. The summed E-state index contributed by atoms with van der Waals surface area (Å²) in [5.41, 5.74) is 6.99. The molecule has 0 atom stereocenters. The van der Waals surface area contributed by atoms with E-state index >= 15 is 0 Å². The van der Waals surface area contributed by atoms with Crippen LogP contribution in [0.5, 0.6) is 0 Å². The van der Waals surface area contributed by atoms with Crippen LogP contribution >= 0.6 is 0 Å². The molecule has 0 aliphatic heterocycles. The van der Waals surface area contributed by atoms with Crippen molar-refractivity contribution in [2.45, 2.75) is 24.8 Å². The molecule has 1 aliphatic carbocycles. The van der Waals surface area contributed by atoms with Crippen LogP contribution in [0, 0.1) is 5.92 Å². The van der Waals surface area contributed by atoms with Crippen molar-refractivity contribution >= 4 is 0 Å². The van der Waals surface area contributed by atoms with Gasteiger partial charge in [0.15, 0.2) is 0 Å². The number of rotatable bonds is 3. The molecule has 2 heteroatoms. The Morgan fingerprint density at radius 2 is 1.93 bits per heavy atom. The molecule has 76 valence electrons. The van der Waals surface area contributed by atoms with Gasteiger partial charge < -0.3 is 10.8 Å². The van der Waals surface area contributed by atoms with Gasteiger partial charge in [0.2, 0.25) is 0 Å². The van der Waals surface area contributed by atoms with Crippen LogP contribution in [0.25, 0.3) is 0 Å². The van der Waals surface area contributed by atoms with Gasteiger partial charge in [-0.25, -0.2) is 0 Å². The third-order valence-corrected chi connectivity index (χ3v) is 3.07. The number of aliphatic hydroxyl groups excluding tert-OH is 1. The van der Waals surface area contributed by atoms with Crippen LogP contribution < -0.4 is 5.73 Å². The van der Waals surface area contributed by atoms with Crippen molar-refractivity contribution in [3.05, 3.63) is 35.9 Å². The van der Waals surface area contributed by atoms with E-state index in [1.165, 1.54) is 5.56 Å². The number of hydrogen-bond donors (Lipinski definition) is 2. The fraction of sp³-hybridized carbons (Fsp3) is 0.500. The van der Waals surface area contributed by atoms with Gasteiger partial charge >= 0.3 is 0 Å². The monoisotopic (exact) mass is 191 g/mol. The molecule has 0 bridgehead atoms. The standard InChI is InChI=1S/C12H17NO/c13-12(9-14)7-11(8-12)6-10-4-2-1-3-5-10/h1-5,11,14H,6-9,13H2. The number of nitrogens with two attached hydrogens (primary N) is 1. The first-order valence-corrected chi connectivity index (χ1v) is 5.15. The first kappa shape index (κ1) is 9.69. The molecule has 0 amide bonds. The first-order chi connectivity index (χ1) is 6.72. The van der Waals surface area contributed by atoms with Crippen molar-refractivity contribution in [2.75, 3.05) is 6.61 Å². The van der Waals surface area contributed by atoms with E-state index in [4.69, 9.17) is 10.8 Å². The topological polar surface area (TPSA) is 46.2 Å². The molecule has 0 radical (unpaired) electrons. The van der Waals surface area contributed by atoms with E-state index in [1.54, 1.807) is 0 Å². The summed E-state index contributed by atoms with van der Waals surface area (Å²) in [5, 5.41) is 9.00. The van der Waals surface area contributed by atoms with Crippen molar-refractivity contribution in [1.29, 1.82) is 0 Å². The minimum atomic E-state index is -0.278. The highest BCUT2D eigenvalue weighted by Crippen LogP contribution is 2.37. The lowest BCUT2D eigenvalue weighted by atomic mass is 9.67. The van der Waals surface area contributed by atoms with Crippen LogP contribution in [0.3, 0.4) is 0 Å². The van der Waals surface area contributed by atoms with E-state index < -0.39 is 0 Å². The number of hydrogen-bond acceptors (Lipinski definition) is 2. The molecule has 2 nitrogen and oxygen atoms in total. The van der Waals surface area contributed by atoms with Gasteiger partial charge in [0.1, 0.15) is 0 Å². The summed E-state index contributed by atoms with van der Waals surface area (Å²) >= 11 is 0. The Kier molecular flexibility index (Phi) is 2.57. The smallest absolute Gasteiger partial charge is 0.0611 e. The zero-order valence-corrected chi connectivity index (χ0v) is 8.32. The molecule has 0 spiro atoms. The molecule has 0 aromatic heterocycles. The molecule has 14 heavy (non-hydrogen) atoms. The maximum absolute atomic E-state index is 9.00. The second-order valence-electron chi connectivity index (χ2n) is 4.48. The van der Waals surface area contributed by atoms with E-state index in [2.05, 4.69) is 24.3 Å². The maximum Gasteiger partial charge on any atom is 0.0611 e. The summed E-state index contributed by atoms with van der Waals surface area (Å²) in [6, 6.07) is 10.5. The zero-order chi connectivity index (χ0) is 10.0. The van der Waals surface area contributed by atoms with Gasteiger partial charge in [-0.1, -0.05) is 30.3 Å². The fourth-order valence-corrected chi connectivity index (χ4v) is 2.31. The summed E-state index contributed by atoms with van der Waals surface area (Å²) < 4.78 is 0. The van der Waals surface area contributed by atoms with Crippen LogP contribution in [-0.4, -0.2) is 17.3 Å². The van der Waals surface area contributed by atoms with Gasteiger partial charge in [0.25, 0.3) is 0 Å². The Balaban J connectivity index is 1.85. The van der Waals surface area contributed by atoms with Crippen molar-refractivity contribution in [3.8, 4) is 0 Å². The molecule has 3 N–H and O–H groups in total. The highest BCUT2D eigenvalue weighted by molar-refractivity contribution is 5.17. The Labute approximate surface area is 84.7 Å². The normalized spacial score (nSPS) is 31.1. The molecule has 0 unspecified atom stereocenters. The van der Waals surface area contributed by atoms with Gasteiger partial charge in [-0.05, 0) is 30.7 Å². The third kappa shape index (κ3) is 1.97. The first-order valence-electron chi connectivity index (χ1n) is 5.15. The quantitative estimate of drug-likeness (QED) is 0.757. The molecule has 1 aromatic carbocycles. The van der Waals surface area contributed by atoms with Gasteiger partial charge in [0.05, 0.1) is 6.61 Å². The molecular weight excluding hydrogens is 174 g/mol. The van der Waals surface area contributed by atoms with Crippen molar-refractivity contribution in [3.63, 3.8) is 0 Å². The number of benzene rings is 1. The van der Waals surface area contributed by atoms with Gasteiger partial charge in [-0.15, -0.1) is 0 Å². The fourth-order valence-electron chi connectivity index (χ4n) is 2.31. The van der Waals surface area contributed by atoms with Crippen molar-refractivity contribution in [1.82, 2.24) is 0 Å². The van der Waals surface area contributed by atoms with E-state index in [9.17, 15) is 0 Å². The predicted octanol–water partition coefficient (Wildman–Crippen LogP) is 1.33. The highest BCUT2D eigenvalue weighted by atomic mass is 16.3. The van der Waals surface area contributed by atoms with E-state index in [0.29, 0.717) is 5.92 Å². The van der Waals surface area contributed by atoms with E-state index in [0.717, 1.165) is 19.3 Å². The maximum atomic E-state index is 9.00. The average Bonchev–Trinajstić information content (AvgIpc) is 2.17. The highest BCUT2D eigenvalue weighted by Gasteiger charge is 2.39. The summed E-state index contributed by atoms with van der Waals surface area (Å²) in [5.74, 6) is 0.662. The van der Waals surface area contributed by atoms with Crippen molar-refractivity contribution in [2.24, 2.45) is 11.7 Å². The molecule has 2 rings (SSSR count). The zero-order valence-electron chi connectivity index (χ0n) is 8.32. The van der Waals surface area contributed by atoms with Crippen LogP contribution in [-0.2, 0) is 6.42 Å². The predicted molar refractivity (Wildman–Crippen MR) is 56.9 cm³/mol. The van der Waals surface area contributed by atoms with Crippen LogP contribution in [0.4, 0.5) is 0 Å². The van der Waals surface area contributed by atoms with Crippen LogP contribution in [0.15, 0.2) is 30.3 Å². The average molecular weight is 191 g/mol. The van der Waals surface area contributed by atoms with Gasteiger partial charge in [-0.3, -0.25) is 0 Å².